The maximum absolute atomic E-state index is 12.5. The molecule has 0 aliphatic heterocycles. The molecule has 2 aromatic carbocycles. The molecule has 0 amide bonds. The molecule has 0 bridgehead atoms. The van der Waals surface area contributed by atoms with Gasteiger partial charge >= 0.3 is 0 Å². The summed E-state index contributed by atoms with van der Waals surface area (Å²) >= 11 is 0. The molecule has 0 saturated carbocycles. The summed E-state index contributed by atoms with van der Waals surface area (Å²) in [5, 5.41) is 10.9. The summed E-state index contributed by atoms with van der Waals surface area (Å²) in [6.45, 7) is 1.36. The molecule has 126 valence electrons. The first-order valence-electron chi connectivity index (χ1n) is 6.71. The number of sulfonamides is 1. The number of methoxy groups -OCH3 is 1. The first-order valence-corrected chi connectivity index (χ1v) is 8.19. The maximum Gasteiger partial charge on any atom is 0.271 e. The first kappa shape index (κ1) is 17.4. The first-order chi connectivity index (χ1) is 11.2. The molecule has 0 aliphatic rings. The minimum Gasteiger partial charge on any atom is -0.495 e. The normalized spacial score (nSPS) is 10.9. The van der Waals surface area contributed by atoms with Crippen LogP contribution in [0.15, 0.2) is 47.4 Å². The van der Waals surface area contributed by atoms with Gasteiger partial charge in [-0.25, -0.2) is 8.42 Å². The Morgan fingerprint density at radius 2 is 1.92 bits per heavy atom. The number of rotatable bonds is 6. The highest BCUT2D eigenvalue weighted by molar-refractivity contribution is 7.92. The Bertz CT molecular complexity index is 908. The number of Topliss-reactive ketones (excluding diaryl/α,β-unsaturated/α-hetero) is 1. The summed E-state index contributed by atoms with van der Waals surface area (Å²) in [6, 6.07) is 9.19. The van der Waals surface area contributed by atoms with Gasteiger partial charge in [0, 0.05) is 23.4 Å². The highest BCUT2D eigenvalue weighted by Gasteiger charge is 2.23. The van der Waals surface area contributed by atoms with Crippen LogP contribution in [-0.4, -0.2) is 26.2 Å². The molecule has 0 unspecified atom stereocenters. The lowest BCUT2D eigenvalue weighted by atomic mass is 10.1. The molecule has 0 saturated heterocycles. The number of carbonyl (C=O) groups excluding carboxylic acids is 1. The lowest BCUT2D eigenvalue weighted by Crippen LogP contribution is -2.14. The van der Waals surface area contributed by atoms with Crippen molar-refractivity contribution >= 4 is 27.2 Å². The van der Waals surface area contributed by atoms with E-state index in [0.29, 0.717) is 5.56 Å². The molecule has 0 fully saturated rings. The molecule has 1 N–H and O–H groups in total. The number of non-ortho nitro benzene ring substituents is 1. The summed E-state index contributed by atoms with van der Waals surface area (Å²) in [7, 11) is -2.88. The number of ketones is 1. The minimum atomic E-state index is -4.15. The van der Waals surface area contributed by atoms with E-state index in [-0.39, 0.29) is 27.8 Å². The second-order valence-corrected chi connectivity index (χ2v) is 6.49. The molecular weight excluding hydrogens is 336 g/mol. The van der Waals surface area contributed by atoms with Crippen LogP contribution in [0.3, 0.4) is 0 Å². The van der Waals surface area contributed by atoms with Crippen molar-refractivity contribution in [1.29, 1.82) is 0 Å². The molecule has 0 aromatic heterocycles. The molecular formula is C15H14N2O6S. The average molecular weight is 350 g/mol. The Labute approximate surface area is 138 Å². The van der Waals surface area contributed by atoms with Gasteiger partial charge in [-0.15, -0.1) is 0 Å². The topological polar surface area (TPSA) is 116 Å². The molecule has 8 nitrogen and oxygen atoms in total. The van der Waals surface area contributed by atoms with Crippen molar-refractivity contribution in [3.05, 3.63) is 58.1 Å². The van der Waals surface area contributed by atoms with Gasteiger partial charge in [0.1, 0.15) is 10.6 Å². The number of benzene rings is 2. The Kier molecular flexibility index (Phi) is 4.84. The number of nitro groups is 1. The van der Waals surface area contributed by atoms with Crippen LogP contribution in [0.5, 0.6) is 5.75 Å². The van der Waals surface area contributed by atoms with E-state index >= 15 is 0 Å². The van der Waals surface area contributed by atoms with Gasteiger partial charge < -0.3 is 4.74 Å². The van der Waals surface area contributed by atoms with E-state index in [9.17, 15) is 23.3 Å². The highest BCUT2D eigenvalue weighted by atomic mass is 32.2. The largest absolute Gasteiger partial charge is 0.495 e. The van der Waals surface area contributed by atoms with Crippen molar-refractivity contribution in [3.63, 3.8) is 0 Å². The van der Waals surface area contributed by atoms with Crippen molar-refractivity contribution in [2.24, 2.45) is 0 Å². The molecule has 0 atom stereocenters. The Morgan fingerprint density at radius 3 is 2.50 bits per heavy atom. The van der Waals surface area contributed by atoms with Crippen molar-refractivity contribution in [1.82, 2.24) is 0 Å². The van der Waals surface area contributed by atoms with Crippen LogP contribution in [0.2, 0.25) is 0 Å². The van der Waals surface area contributed by atoms with E-state index in [4.69, 9.17) is 4.74 Å². The molecule has 0 radical (unpaired) electrons. The standard InChI is InChI=1S/C15H14N2O6S/c1-10(18)11-4-3-5-12(8-11)16-24(21,22)15-9-13(17(19)20)6-7-14(15)23-2/h3-9,16H,1-2H3. The van der Waals surface area contributed by atoms with Crippen LogP contribution in [0.25, 0.3) is 0 Å². The third-order valence-corrected chi connectivity index (χ3v) is 4.57. The van der Waals surface area contributed by atoms with E-state index in [0.717, 1.165) is 12.1 Å². The molecule has 0 heterocycles. The minimum absolute atomic E-state index is 0.0316. The number of nitro benzene ring substituents is 1. The van der Waals surface area contributed by atoms with Gasteiger partial charge in [0.2, 0.25) is 0 Å². The lowest BCUT2D eigenvalue weighted by Gasteiger charge is -2.12. The van der Waals surface area contributed by atoms with Crippen molar-refractivity contribution in [2.75, 3.05) is 11.8 Å². The monoisotopic (exact) mass is 350 g/mol. The maximum atomic E-state index is 12.5. The Morgan fingerprint density at radius 1 is 1.21 bits per heavy atom. The third-order valence-electron chi connectivity index (χ3n) is 3.17. The van der Waals surface area contributed by atoms with E-state index in [2.05, 4.69) is 4.72 Å². The number of nitrogens with zero attached hydrogens (tertiary/aromatic N) is 1. The number of nitrogens with one attached hydrogen (secondary N) is 1. The average Bonchev–Trinajstić information content (AvgIpc) is 2.53. The fraction of sp³-hybridized carbons (Fsp3) is 0.133. The molecule has 2 aromatic rings. The highest BCUT2D eigenvalue weighted by Crippen LogP contribution is 2.29. The van der Waals surface area contributed by atoms with Crippen molar-refractivity contribution in [3.8, 4) is 5.75 Å². The number of hydrogen-bond donors (Lipinski definition) is 1. The number of hydrogen-bond acceptors (Lipinski definition) is 6. The number of ether oxygens (including phenoxy) is 1. The summed E-state index contributed by atoms with van der Waals surface area (Å²) in [5.41, 5.74) is 0.117. The Hall–Kier alpha value is -2.94. The van der Waals surface area contributed by atoms with E-state index in [1.807, 2.05) is 0 Å². The van der Waals surface area contributed by atoms with E-state index in [1.54, 1.807) is 6.07 Å². The van der Waals surface area contributed by atoms with Gasteiger partial charge in [-0.05, 0) is 25.1 Å². The molecule has 2 rings (SSSR count). The third kappa shape index (κ3) is 3.69. The van der Waals surface area contributed by atoms with Gasteiger partial charge in [0.25, 0.3) is 15.7 Å². The smallest absolute Gasteiger partial charge is 0.271 e. The van der Waals surface area contributed by atoms with Gasteiger partial charge in [-0.3, -0.25) is 19.6 Å². The Balaban J connectivity index is 2.47. The molecule has 24 heavy (non-hydrogen) atoms. The summed E-state index contributed by atoms with van der Waals surface area (Å²) in [5.74, 6) is -0.250. The zero-order valence-electron chi connectivity index (χ0n) is 12.8. The summed E-state index contributed by atoms with van der Waals surface area (Å²) in [6.07, 6.45) is 0. The zero-order chi connectivity index (χ0) is 17.9. The fourth-order valence-electron chi connectivity index (χ4n) is 2.00. The van der Waals surface area contributed by atoms with Gasteiger partial charge in [0.15, 0.2) is 5.78 Å². The summed E-state index contributed by atoms with van der Waals surface area (Å²) < 4.78 is 32.3. The lowest BCUT2D eigenvalue weighted by molar-refractivity contribution is -0.385. The van der Waals surface area contributed by atoms with Crippen LogP contribution in [0.1, 0.15) is 17.3 Å². The van der Waals surface area contributed by atoms with Crippen LogP contribution < -0.4 is 9.46 Å². The van der Waals surface area contributed by atoms with E-state index < -0.39 is 14.9 Å². The predicted octanol–water partition coefficient (Wildman–Crippen LogP) is 2.61. The van der Waals surface area contributed by atoms with Crippen molar-refractivity contribution in [2.45, 2.75) is 11.8 Å². The number of anilines is 1. The van der Waals surface area contributed by atoms with Crippen LogP contribution in [0, 0.1) is 10.1 Å². The molecule has 9 heteroatoms. The van der Waals surface area contributed by atoms with Gasteiger partial charge in [-0.2, -0.15) is 0 Å². The van der Waals surface area contributed by atoms with E-state index in [1.165, 1.54) is 38.3 Å². The zero-order valence-corrected chi connectivity index (χ0v) is 13.7. The van der Waals surface area contributed by atoms with Gasteiger partial charge in [0.05, 0.1) is 12.0 Å². The van der Waals surface area contributed by atoms with Crippen LogP contribution in [-0.2, 0) is 10.0 Å². The second-order valence-electron chi connectivity index (χ2n) is 4.83. The number of carbonyl (C=O) groups is 1. The summed E-state index contributed by atoms with van der Waals surface area (Å²) in [4.78, 5) is 21.2. The predicted molar refractivity (Wildman–Crippen MR) is 86.9 cm³/mol. The quantitative estimate of drug-likeness (QED) is 0.486. The van der Waals surface area contributed by atoms with Crippen LogP contribution in [0.4, 0.5) is 11.4 Å². The van der Waals surface area contributed by atoms with Gasteiger partial charge in [-0.1, -0.05) is 12.1 Å². The second kappa shape index (κ2) is 6.67. The fourth-order valence-corrected chi connectivity index (χ4v) is 3.24. The van der Waals surface area contributed by atoms with Crippen molar-refractivity contribution < 1.29 is 22.9 Å². The molecule has 0 aliphatic carbocycles. The van der Waals surface area contributed by atoms with Crippen LogP contribution >= 0.6 is 0 Å². The SMILES string of the molecule is COc1ccc([N+](=O)[O-])cc1S(=O)(=O)Nc1cccc(C(C)=O)c1. The molecule has 0 spiro atoms.